The molecular weight excluding hydrogens is 289 g/mol. The molecule has 21 heavy (non-hydrogen) atoms. The lowest BCUT2D eigenvalue weighted by atomic mass is 10.2. The average molecular weight is 306 g/mol. The van der Waals surface area contributed by atoms with Crippen LogP contribution >= 0.6 is 0 Å². The van der Waals surface area contributed by atoms with Crippen LogP contribution in [0.3, 0.4) is 0 Å². The zero-order valence-corrected chi connectivity index (χ0v) is 11.5. The molecule has 0 amide bonds. The topological polar surface area (TPSA) is 70.5 Å². The van der Waals surface area contributed by atoms with Crippen LogP contribution in [0, 0.1) is 0 Å². The molecule has 0 radical (unpaired) electrons. The van der Waals surface area contributed by atoms with Gasteiger partial charge in [0.25, 0.3) is 0 Å². The van der Waals surface area contributed by atoms with E-state index in [9.17, 15) is 13.2 Å². The van der Waals surface area contributed by atoms with Crippen molar-refractivity contribution in [1.82, 2.24) is 9.97 Å². The number of morpholine rings is 1. The van der Waals surface area contributed by atoms with Crippen LogP contribution in [0.2, 0.25) is 0 Å². The van der Waals surface area contributed by atoms with Gasteiger partial charge in [-0.2, -0.15) is 18.2 Å². The normalized spacial score (nSPS) is 19.7. The van der Waals surface area contributed by atoms with Crippen molar-refractivity contribution in [1.29, 1.82) is 0 Å². The summed E-state index contributed by atoms with van der Waals surface area (Å²) < 4.78 is 44.0. The molecule has 2 rings (SSSR count). The number of aliphatic hydroxyl groups excluding tert-OH is 1. The molecule has 118 valence electrons. The Kier molecular flexibility index (Phi) is 4.84. The lowest BCUT2D eigenvalue weighted by Crippen LogP contribution is -2.44. The Morgan fingerprint density at radius 1 is 1.48 bits per heavy atom. The van der Waals surface area contributed by atoms with E-state index in [0.717, 1.165) is 6.07 Å². The van der Waals surface area contributed by atoms with Crippen molar-refractivity contribution in [2.45, 2.75) is 19.2 Å². The fraction of sp³-hybridized carbons (Fsp3) is 0.667. The van der Waals surface area contributed by atoms with Crippen LogP contribution in [0.25, 0.3) is 0 Å². The van der Waals surface area contributed by atoms with E-state index >= 15 is 0 Å². The first-order valence-corrected chi connectivity index (χ1v) is 6.61. The van der Waals surface area contributed by atoms with Crippen LogP contribution in [0.5, 0.6) is 0 Å². The fourth-order valence-electron chi connectivity index (χ4n) is 2.02. The molecule has 2 heterocycles. The highest BCUT2D eigenvalue weighted by molar-refractivity contribution is 5.46. The molecular formula is C12H17F3N4O2. The summed E-state index contributed by atoms with van der Waals surface area (Å²) in [6.07, 6.45) is -4.96. The molecule has 0 saturated carbocycles. The summed E-state index contributed by atoms with van der Waals surface area (Å²) in [6.45, 7) is 3.01. The molecule has 1 unspecified atom stereocenters. The van der Waals surface area contributed by atoms with E-state index in [1.54, 1.807) is 11.8 Å². The van der Waals surface area contributed by atoms with E-state index in [0.29, 0.717) is 19.7 Å². The first-order valence-electron chi connectivity index (χ1n) is 6.61. The minimum Gasteiger partial charge on any atom is -0.394 e. The molecule has 1 aliphatic heterocycles. The molecule has 1 fully saturated rings. The van der Waals surface area contributed by atoms with Gasteiger partial charge in [0.05, 0.1) is 19.3 Å². The fourth-order valence-corrected chi connectivity index (χ4v) is 2.02. The maximum Gasteiger partial charge on any atom is 0.433 e. The largest absolute Gasteiger partial charge is 0.433 e. The highest BCUT2D eigenvalue weighted by Gasteiger charge is 2.34. The molecule has 0 aromatic carbocycles. The van der Waals surface area contributed by atoms with Gasteiger partial charge in [0.2, 0.25) is 5.95 Å². The Morgan fingerprint density at radius 2 is 2.24 bits per heavy atom. The second kappa shape index (κ2) is 6.44. The first kappa shape index (κ1) is 15.8. The standard InChI is InChI=1S/C12H17F3N4O2/c1-2-16-11-17-9(12(13,14)15)5-10(18-11)19-3-4-21-8(6-19)7-20/h5,8,20H,2-4,6-7H2,1H3,(H,16,17,18). The van der Waals surface area contributed by atoms with Gasteiger partial charge in [0.1, 0.15) is 5.82 Å². The second-order valence-electron chi connectivity index (χ2n) is 4.58. The number of ether oxygens (including phenoxy) is 1. The van der Waals surface area contributed by atoms with Crippen LogP contribution in [-0.2, 0) is 10.9 Å². The van der Waals surface area contributed by atoms with Crippen LogP contribution in [0.15, 0.2) is 6.07 Å². The van der Waals surface area contributed by atoms with Crippen molar-refractivity contribution in [3.63, 3.8) is 0 Å². The van der Waals surface area contributed by atoms with Crippen molar-refractivity contribution in [3.8, 4) is 0 Å². The van der Waals surface area contributed by atoms with E-state index in [4.69, 9.17) is 9.84 Å². The molecule has 0 spiro atoms. The van der Waals surface area contributed by atoms with Gasteiger partial charge in [-0.1, -0.05) is 0 Å². The van der Waals surface area contributed by atoms with Gasteiger partial charge >= 0.3 is 6.18 Å². The first-order chi connectivity index (χ1) is 9.94. The summed E-state index contributed by atoms with van der Waals surface area (Å²) in [6, 6.07) is 0.917. The number of rotatable bonds is 4. The Hall–Kier alpha value is -1.61. The highest BCUT2D eigenvalue weighted by Crippen LogP contribution is 2.31. The van der Waals surface area contributed by atoms with Gasteiger partial charge in [-0.3, -0.25) is 0 Å². The average Bonchev–Trinajstić information content (AvgIpc) is 2.46. The van der Waals surface area contributed by atoms with Crippen molar-refractivity contribution >= 4 is 11.8 Å². The quantitative estimate of drug-likeness (QED) is 0.869. The molecule has 0 bridgehead atoms. The Morgan fingerprint density at radius 3 is 2.86 bits per heavy atom. The third-order valence-corrected chi connectivity index (χ3v) is 3.00. The van der Waals surface area contributed by atoms with Crippen LogP contribution in [0.1, 0.15) is 12.6 Å². The van der Waals surface area contributed by atoms with Gasteiger partial charge in [-0.05, 0) is 6.92 Å². The number of alkyl halides is 3. The Balaban J connectivity index is 2.31. The number of anilines is 2. The third-order valence-electron chi connectivity index (χ3n) is 3.00. The van der Waals surface area contributed by atoms with Crippen LogP contribution < -0.4 is 10.2 Å². The predicted octanol–water partition coefficient (Wildman–Crippen LogP) is 1.12. The zero-order valence-electron chi connectivity index (χ0n) is 11.5. The molecule has 1 aromatic heterocycles. The number of nitrogens with one attached hydrogen (secondary N) is 1. The number of hydrogen-bond acceptors (Lipinski definition) is 6. The second-order valence-corrected chi connectivity index (χ2v) is 4.58. The van der Waals surface area contributed by atoms with E-state index in [1.807, 2.05) is 0 Å². The van der Waals surface area contributed by atoms with E-state index in [2.05, 4.69) is 15.3 Å². The maximum atomic E-state index is 12.9. The zero-order chi connectivity index (χ0) is 15.5. The Labute approximate surface area is 119 Å². The van der Waals surface area contributed by atoms with Crippen LogP contribution in [0.4, 0.5) is 24.9 Å². The number of hydrogen-bond donors (Lipinski definition) is 2. The van der Waals surface area contributed by atoms with Gasteiger partial charge in [-0.25, -0.2) is 4.98 Å². The van der Waals surface area contributed by atoms with Gasteiger partial charge < -0.3 is 20.1 Å². The van der Waals surface area contributed by atoms with Crippen LogP contribution in [-0.4, -0.2) is 54.0 Å². The van der Waals surface area contributed by atoms with Crippen molar-refractivity contribution < 1.29 is 23.0 Å². The van der Waals surface area contributed by atoms with Gasteiger partial charge in [0.15, 0.2) is 5.69 Å². The molecule has 1 aromatic rings. The summed E-state index contributed by atoms with van der Waals surface area (Å²) in [5.41, 5.74) is -0.990. The number of aromatic nitrogens is 2. The van der Waals surface area contributed by atoms with E-state index in [-0.39, 0.29) is 24.9 Å². The summed E-state index contributed by atoms with van der Waals surface area (Å²) in [7, 11) is 0. The number of aliphatic hydroxyl groups is 1. The van der Waals surface area contributed by atoms with E-state index in [1.165, 1.54) is 0 Å². The number of halogens is 3. The lowest BCUT2D eigenvalue weighted by molar-refractivity contribution is -0.141. The predicted molar refractivity (Wildman–Crippen MR) is 70.2 cm³/mol. The SMILES string of the molecule is CCNc1nc(N2CCOC(CO)C2)cc(C(F)(F)F)n1. The minimum absolute atomic E-state index is 0.0608. The highest BCUT2D eigenvalue weighted by atomic mass is 19.4. The van der Waals surface area contributed by atoms with Crippen molar-refractivity contribution in [2.24, 2.45) is 0 Å². The van der Waals surface area contributed by atoms with Gasteiger partial charge in [0, 0.05) is 25.7 Å². The smallest absolute Gasteiger partial charge is 0.394 e. The molecule has 1 aliphatic rings. The summed E-state index contributed by atoms with van der Waals surface area (Å²) in [4.78, 5) is 9.22. The molecule has 9 heteroatoms. The summed E-state index contributed by atoms with van der Waals surface area (Å²) in [5, 5.41) is 11.8. The summed E-state index contributed by atoms with van der Waals surface area (Å²) >= 11 is 0. The number of nitrogens with zero attached hydrogens (tertiary/aromatic N) is 3. The molecule has 1 saturated heterocycles. The lowest BCUT2D eigenvalue weighted by Gasteiger charge is -2.33. The van der Waals surface area contributed by atoms with Crippen molar-refractivity contribution in [2.75, 3.05) is 43.1 Å². The Bertz CT molecular complexity index is 484. The molecule has 0 aliphatic carbocycles. The van der Waals surface area contributed by atoms with Crippen molar-refractivity contribution in [3.05, 3.63) is 11.8 Å². The summed E-state index contributed by atoms with van der Waals surface area (Å²) in [5.74, 6) is 0.115. The maximum absolute atomic E-state index is 12.9. The molecule has 2 N–H and O–H groups in total. The monoisotopic (exact) mass is 306 g/mol. The third kappa shape index (κ3) is 3.94. The molecule has 1 atom stereocenters. The van der Waals surface area contributed by atoms with Gasteiger partial charge in [-0.15, -0.1) is 0 Å². The molecule has 6 nitrogen and oxygen atoms in total. The van der Waals surface area contributed by atoms with E-state index < -0.39 is 18.0 Å². The minimum atomic E-state index is -4.54.